The highest BCUT2D eigenvalue weighted by Gasteiger charge is 2.06. The van der Waals surface area contributed by atoms with Crippen molar-refractivity contribution in [1.82, 2.24) is 4.98 Å². The van der Waals surface area contributed by atoms with Crippen molar-refractivity contribution >= 4 is 27.3 Å². The van der Waals surface area contributed by atoms with Gasteiger partial charge in [0.15, 0.2) is 0 Å². The summed E-state index contributed by atoms with van der Waals surface area (Å²) >= 11 is 4.79. The Kier molecular flexibility index (Phi) is 3.71. The first-order valence-electron chi connectivity index (χ1n) is 5.10. The summed E-state index contributed by atoms with van der Waals surface area (Å²) < 4.78 is 13.6. The number of nitrogens with zero attached hydrogens (tertiary/aromatic N) is 1. The first-order chi connectivity index (χ1) is 7.70. The first-order valence-corrected chi connectivity index (χ1v) is 6.78. The van der Waals surface area contributed by atoms with Crippen LogP contribution in [0.4, 0.5) is 4.39 Å². The molecule has 0 radical (unpaired) electrons. The summed E-state index contributed by atoms with van der Waals surface area (Å²) in [5, 5.41) is 3.01. The van der Waals surface area contributed by atoms with Crippen molar-refractivity contribution in [3.05, 3.63) is 39.6 Å². The minimum atomic E-state index is -0.242. The SMILES string of the molecule is CCCc1csc(-c2ccc(F)c(Br)c2)n1. The van der Waals surface area contributed by atoms with Crippen LogP contribution in [0.15, 0.2) is 28.1 Å². The number of aromatic nitrogens is 1. The third kappa shape index (κ3) is 2.50. The Morgan fingerprint density at radius 1 is 1.44 bits per heavy atom. The van der Waals surface area contributed by atoms with Crippen LogP contribution in [0, 0.1) is 5.82 Å². The average Bonchev–Trinajstić information content (AvgIpc) is 2.71. The lowest BCUT2D eigenvalue weighted by atomic mass is 10.2. The van der Waals surface area contributed by atoms with E-state index in [2.05, 4.69) is 33.2 Å². The van der Waals surface area contributed by atoms with Gasteiger partial charge in [0.2, 0.25) is 0 Å². The quantitative estimate of drug-likeness (QED) is 0.803. The maximum atomic E-state index is 13.1. The maximum Gasteiger partial charge on any atom is 0.137 e. The molecule has 1 aromatic heterocycles. The summed E-state index contributed by atoms with van der Waals surface area (Å²) in [5.41, 5.74) is 2.07. The third-order valence-electron chi connectivity index (χ3n) is 2.22. The minimum absolute atomic E-state index is 0.242. The van der Waals surface area contributed by atoms with Crippen LogP contribution >= 0.6 is 27.3 Å². The molecule has 0 aliphatic heterocycles. The van der Waals surface area contributed by atoms with Gasteiger partial charge in [0, 0.05) is 10.9 Å². The lowest BCUT2D eigenvalue weighted by molar-refractivity contribution is 0.621. The summed E-state index contributed by atoms with van der Waals surface area (Å²) in [7, 11) is 0. The van der Waals surface area contributed by atoms with Crippen LogP contribution in [0.2, 0.25) is 0 Å². The molecule has 0 aliphatic carbocycles. The van der Waals surface area contributed by atoms with Gasteiger partial charge in [0.1, 0.15) is 10.8 Å². The second-order valence-electron chi connectivity index (χ2n) is 3.52. The zero-order chi connectivity index (χ0) is 11.5. The predicted octanol–water partition coefficient (Wildman–Crippen LogP) is 4.66. The Labute approximate surface area is 106 Å². The van der Waals surface area contributed by atoms with E-state index < -0.39 is 0 Å². The fourth-order valence-corrected chi connectivity index (χ4v) is 2.67. The number of benzene rings is 1. The van der Waals surface area contributed by atoms with Gasteiger partial charge in [-0.05, 0) is 40.5 Å². The summed E-state index contributed by atoms with van der Waals surface area (Å²) in [6.07, 6.45) is 2.09. The van der Waals surface area contributed by atoms with Gasteiger partial charge in [-0.1, -0.05) is 13.3 Å². The van der Waals surface area contributed by atoms with Gasteiger partial charge in [-0.15, -0.1) is 11.3 Å². The van der Waals surface area contributed by atoms with Gasteiger partial charge in [-0.2, -0.15) is 0 Å². The molecule has 0 saturated heterocycles. The van der Waals surface area contributed by atoms with Crippen LogP contribution in [0.3, 0.4) is 0 Å². The van der Waals surface area contributed by atoms with Crippen molar-refractivity contribution in [1.29, 1.82) is 0 Å². The smallest absolute Gasteiger partial charge is 0.137 e. The lowest BCUT2D eigenvalue weighted by Crippen LogP contribution is -1.84. The fraction of sp³-hybridized carbons (Fsp3) is 0.250. The van der Waals surface area contributed by atoms with Crippen molar-refractivity contribution in [3.8, 4) is 10.6 Å². The topological polar surface area (TPSA) is 12.9 Å². The Morgan fingerprint density at radius 3 is 2.94 bits per heavy atom. The molecule has 2 rings (SSSR count). The molecule has 0 N–H and O–H groups in total. The van der Waals surface area contributed by atoms with E-state index in [-0.39, 0.29) is 5.82 Å². The Balaban J connectivity index is 2.31. The van der Waals surface area contributed by atoms with E-state index in [0.29, 0.717) is 4.47 Å². The molecule has 0 bridgehead atoms. The molecular weight excluding hydrogens is 289 g/mol. The highest BCUT2D eigenvalue weighted by atomic mass is 79.9. The summed E-state index contributed by atoms with van der Waals surface area (Å²) in [5.74, 6) is -0.242. The van der Waals surface area contributed by atoms with Crippen LogP contribution in [-0.4, -0.2) is 4.98 Å². The van der Waals surface area contributed by atoms with Crippen LogP contribution in [0.5, 0.6) is 0 Å². The molecule has 16 heavy (non-hydrogen) atoms. The molecule has 84 valence electrons. The zero-order valence-corrected chi connectivity index (χ0v) is 11.2. The fourth-order valence-electron chi connectivity index (χ4n) is 1.44. The largest absolute Gasteiger partial charge is 0.241 e. The normalized spacial score (nSPS) is 10.7. The van der Waals surface area contributed by atoms with Crippen LogP contribution in [-0.2, 0) is 6.42 Å². The van der Waals surface area contributed by atoms with Crippen LogP contribution in [0.25, 0.3) is 10.6 Å². The van der Waals surface area contributed by atoms with Gasteiger partial charge >= 0.3 is 0 Å². The van der Waals surface area contributed by atoms with Crippen molar-refractivity contribution in [2.24, 2.45) is 0 Å². The average molecular weight is 300 g/mol. The van der Waals surface area contributed by atoms with E-state index >= 15 is 0 Å². The molecule has 1 aromatic carbocycles. The summed E-state index contributed by atoms with van der Waals surface area (Å²) in [4.78, 5) is 4.52. The minimum Gasteiger partial charge on any atom is -0.241 e. The number of halogens is 2. The molecule has 1 nitrogen and oxygen atoms in total. The standard InChI is InChI=1S/C12H11BrFNS/c1-2-3-9-7-16-12(15-9)8-4-5-11(14)10(13)6-8/h4-7H,2-3H2,1H3. The monoisotopic (exact) mass is 299 g/mol. The Hall–Kier alpha value is -0.740. The number of thiazole rings is 1. The molecule has 0 saturated carbocycles. The van der Waals surface area contributed by atoms with E-state index in [1.165, 1.54) is 6.07 Å². The number of hydrogen-bond donors (Lipinski definition) is 0. The first kappa shape index (κ1) is 11.7. The second-order valence-corrected chi connectivity index (χ2v) is 5.24. The zero-order valence-electron chi connectivity index (χ0n) is 8.84. The predicted molar refractivity (Wildman–Crippen MR) is 69.2 cm³/mol. The van der Waals surface area contributed by atoms with Crippen molar-refractivity contribution < 1.29 is 4.39 Å². The van der Waals surface area contributed by atoms with Crippen LogP contribution < -0.4 is 0 Å². The molecule has 0 atom stereocenters. The molecule has 2 aromatic rings. The van der Waals surface area contributed by atoms with Gasteiger partial charge in [0.05, 0.1) is 10.2 Å². The highest BCUT2D eigenvalue weighted by molar-refractivity contribution is 9.10. The molecule has 4 heteroatoms. The van der Waals surface area contributed by atoms with Gasteiger partial charge in [-0.3, -0.25) is 0 Å². The van der Waals surface area contributed by atoms with Gasteiger partial charge < -0.3 is 0 Å². The maximum absolute atomic E-state index is 13.1. The second kappa shape index (κ2) is 5.06. The van der Waals surface area contributed by atoms with E-state index in [4.69, 9.17) is 0 Å². The summed E-state index contributed by atoms with van der Waals surface area (Å²) in [6.45, 7) is 2.13. The highest BCUT2D eigenvalue weighted by Crippen LogP contribution is 2.28. The number of hydrogen-bond acceptors (Lipinski definition) is 2. The number of aryl methyl sites for hydroxylation is 1. The molecular formula is C12H11BrFNS. The molecule has 0 unspecified atom stereocenters. The van der Waals surface area contributed by atoms with E-state index in [0.717, 1.165) is 29.1 Å². The van der Waals surface area contributed by atoms with Crippen LogP contribution in [0.1, 0.15) is 19.0 Å². The summed E-state index contributed by atoms with van der Waals surface area (Å²) in [6, 6.07) is 4.98. The molecule has 1 heterocycles. The van der Waals surface area contributed by atoms with E-state index in [9.17, 15) is 4.39 Å². The Bertz CT molecular complexity index is 496. The van der Waals surface area contributed by atoms with Gasteiger partial charge in [0.25, 0.3) is 0 Å². The molecule has 0 amide bonds. The number of rotatable bonds is 3. The van der Waals surface area contributed by atoms with Gasteiger partial charge in [-0.25, -0.2) is 9.37 Å². The lowest BCUT2D eigenvalue weighted by Gasteiger charge is -1.98. The molecule has 0 spiro atoms. The van der Waals surface area contributed by atoms with Crippen molar-refractivity contribution in [2.75, 3.05) is 0 Å². The Morgan fingerprint density at radius 2 is 2.25 bits per heavy atom. The van der Waals surface area contributed by atoms with Crippen molar-refractivity contribution in [3.63, 3.8) is 0 Å². The molecule has 0 aliphatic rings. The van der Waals surface area contributed by atoms with E-state index in [1.54, 1.807) is 23.5 Å². The van der Waals surface area contributed by atoms with E-state index in [1.807, 2.05) is 0 Å². The van der Waals surface area contributed by atoms with Crippen molar-refractivity contribution in [2.45, 2.75) is 19.8 Å². The third-order valence-corrected chi connectivity index (χ3v) is 3.77. The molecule has 0 fully saturated rings.